The summed E-state index contributed by atoms with van der Waals surface area (Å²) in [4.78, 5) is 24.6. The molecule has 0 fully saturated rings. The lowest BCUT2D eigenvalue weighted by molar-refractivity contribution is -0.114. The van der Waals surface area contributed by atoms with Crippen molar-refractivity contribution >= 4 is 29.4 Å². The van der Waals surface area contributed by atoms with E-state index in [1.807, 2.05) is 13.2 Å². The van der Waals surface area contributed by atoms with Crippen molar-refractivity contribution in [3.63, 3.8) is 0 Å². The van der Waals surface area contributed by atoms with Crippen LogP contribution in [-0.4, -0.2) is 32.5 Å². The molecule has 1 aromatic carbocycles. The number of benzene rings is 1. The first-order valence-corrected chi connectivity index (χ1v) is 9.59. The van der Waals surface area contributed by atoms with Crippen LogP contribution in [0.25, 0.3) is 17.4 Å². The van der Waals surface area contributed by atoms with Crippen molar-refractivity contribution < 1.29 is 23.5 Å². The van der Waals surface area contributed by atoms with Crippen LogP contribution >= 0.6 is 0 Å². The number of rotatable bonds is 5. The Labute approximate surface area is 181 Å². The summed E-state index contributed by atoms with van der Waals surface area (Å²) in [7, 11) is 1.81. The fourth-order valence-electron chi connectivity index (χ4n) is 3.38. The number of aryl methyl sites for hydroxylation is 1. The summed E-state index contributed by atoms with van der Waals surface area (Å²) in [5, 5.41) is 19.0. The number of nitrogens with zero attached hydrogens (tertiary/aromatic N) is 4. The van der Waals surface area contributed by atoms with E-state index in [0.717, 1.165) is 5.56 Å². The van der Waals surface area contributed by atoms with E-state index in [9.17, 15) is 14.7 Å². The third-order valence-corrected chi connectivity index (χ3v) is 4.91. The normalized spacial score (nSPS) is 14.9. The number of carboxylic acids is 1. The second-order valence-electron chi connectivity index (χ2n) is 7.10. The average Bonchev–Trinajstić information content (AvgIpc) is 3.57. The van der Waals surface area contributed by atoms with E-state index in [1.165, 1.54) is 29.7 Å². The van der Waals surface area contributed by atoms with Gasteiger partial charge in [-0.15, -0.1) is 0 Å². The van der Waals surface area contributed by atoms with Crippen molar-refractivity contribution in [1.29, 1.82) is 0 Å². The maximum absolute atomic E-state index is 13.3. The Hall–Kier alpha value is -4.66. The van der Waals surface area contributed by atoms with Crippen LogP contribution in [0, 0.1) is 0 Å². The number of aromatic carboxylic acids is 1. The first kappa shape index (κ1) is 19.3. The minimum absolute atomic E-state index is 0.0555. The fraction of sp³-hybridized carbons (Fsp3) is 0.0435. The molecule has 9 heteroatoms. The number of hydrazone groups is 1. The standard InChI is InChI=1S/C23H16N4O5/c1-26-12-16(11-24-26)20-6-5-18(32-20)10-19-21(15-7-8-31-13-15)25-27(22(19)28)17-4-2-3-14(9-17)23(29)30/h2-13H,1H3,(H,29,30)/b19-10-. The number of hydrogen-bond donors (Lipinski definition) is 1. The van der Waals surface area contributed by atoms with E-state index in [4.69, 9.17) is 8.83 Å². The quantitative estimate of drug-likeness (QED) is 0.484. The molecule has 3 aromatic heterocycles. The van der Waals surface area contributed by atoms with Crippen LogP contribution in [-0.2, 0) is 11.8 Å². The molecule has 0 saturated heterocycles. The Kier molecular flexibility index (Phi) is 4.55. The summed E-state index contributed by atoms with van der Waals surface area (Å²) in [6.45, 7) is 0. The van der Waals surface area contributed by atoms with E-state index in [0.29, 0.717) is 34.1 Å². The third-order valence-electron chi connectivity index (χ3n) is 4.91. The van der Waals surface area contributed by atoms with Gasteiger partial charge in [0.15, 0.2) is 0 Å². The average molecular weight is 428 g/mol. The van der Waals surface area contributed by atoms with Gasteiger partial charge in [0.2, 0.25) is 0 Å². The summed E-state index contributed by atoms with van der Waals surface area (Å²) in [5.74, 6) is -0.428. The van der Waals surface area contributed by atoms with E-state index < -0.39 is 11.9 Å². The van der Waals surface area contributed by atoms with Gasteiger partial charge < -0.3 is 13.9 Å². The number of carbonyl (C=O) groups excluding carboxylic acids is 1. The Morgan fingerprint density at radius 3 is 2.75 bits per heavy atom. The Morgan fingerprint density at radius 1 is 1.16 bits per heavy atom. The van der Waals surface area contributed by atoms with Gasteiger partial charge in [-0.3, -0.25) is 9.48 Å². The van der Waals surface area contributed by atoms with Crippen molar-refractivity contribution in [2.24, 2.45) is 12.1 Å². The molecule has 1 aliphatic heterocycles. The molecule has 5 rings (SSSR count). The summed E-state index contributed by atoms with van der Waals surface area (Å²) in [5.41, 5.74) is 2.50. The van der Waals surface area contributed by atoms with Gasteiger partial charge in [-0.1, -0.05) is 6.07 Å². The van der Waals surface area contributed by atoms with Gasteiger partial charge in [-0.2, -0.15) is 15.2 Å². The van der Waals surface area contributed by atoms with E-state index >= 15 is 0 Å². The zero-order valence-electron chi connectivity index (χ0n) is 16.8. The lowest BCUT2D eigenvalue weighted by atomic mass is 10.0. The van der Waals surface area contributed by atoms with Gasteiger partial charge >= 0.3 is 5.97 Å². The zero-order chi connectivity index (χ0) is 22.2. The van der Waals surface area contributed by atoms with Gasteiger partial charge in [0.05, 0.1) is 41.1 Å². The molecule has 4 aromatic rings. The number of carboxylic acid groups (broad SMARTS) is 1. The first-order chi connectivity index (χ1) is 15.5. The van der Waals surface area contributed by atoms with Crippen LogP contribution in [0.5, 0.6) is 0 Å². The number of amides is 1. The van der Waals surface area contributed by atoms with Crippen molar-refractivity contribution in [3.05, 3.63) is 89.8 Å². The molecule has 0 bridgehead atoms. The molecule has 1 N–H and O–H groups in total. The lowest BCUT2D eigenvalue weighted by Crippen LogP contribution is -2.21. The molecule has 4 heterocycles. The van der Waals surface area contributed by atoms with Crippen LogP contribution < -0.4 is 5.01 Å². The second kappa shape index (κ2) is 7.55. The molecule has 32 heavy (non-hydrogen) atoms. The molecule has 0 aliphatic carbocycles. The highest BCUT2D eigenvalue weighted by Gasteiger charge is 2.33. The maximum Gasteiger partial charge on any atom is 0.335 e. The molecular formula is C23H16N4O5. The summed E-state index contributed by atoms with van der Waals surface area (Å²) in [6, 6.07) is 11.3. The van der Waals surface area contributed by atoms with E-state index in [1.54, 1.807) is 47.3 Å². The van der Waals surface area contributed by atoms with Gasteiger partial charge in [0, 0.05) is 18.8 Å². The molecular weight excluding hydrogens is 412 g/mol. The van der Waals surface area contributed by atoms with Crippen molar-refractivity contribution in [2.75, 3.05) is 5.01 Å². The fourth-order valence-corrected chi connectivity index (χ4v) is 3.38. The van der Waals surface area contributed by atoms with Crippen LogP contribution in [0.4, 0.5) is 5.69 Å². The first-order valence-electron chi connectivity index (χ1n) is 9.59. The third kappa shape index (κ3) is 3.41. The molecule has 9 nitrogen and oxygen atoms in total. The predicted molar refractivity (Wildman–Crippen MR) is 115 cm³/mol. The Bertz CT molecular complexity index is 1390. The predicted octanol–water partition coefficient (Wildman–Crippen LogP) is 3.81. The van der Waals surface area contributed by atoms with E-state index in [-0.39, 0.29) is 5.56 Å². The molecule has 1 amide bonds. The number of furan rings is 2. The summed E-state index contributed by atoms with van der Waals surface area (Å²) < 4.78 is 12.7. The maximum atomic E-state index is 13.3. The number of anilines is 1. The zero-order valence-corrected chi connectivity index (χ0v) is 16.8. The molecule has 0 saturated carbocycles. The molecule has 0 atom stereocenters. The molecule has 158 valence electrons. The highest BCUT2D eigenvalue weighted by Crippen LogP contribution is 2.30. The number of hydrogen-bond acceptors (Lipinski definition) is 6. The SMILES string of the molecule is Cn1cc(-c2ccc(/C=C3\C(=O)N(c4cccc(C(=O)O)c4)N=C3c3ccoc3)o2)cn1. The summed E-state index contributed by atoms with van der Waals surface area (Å²) >= 11 is 0. The molecule has 0 radical (unpaired) electrons. The molecule has 1 aliphatic rings. The highest BCUT2D eigenvalue weighted by atomic mass is 16.4. The van der Waals surface area contributed by atoms with Crippen molar-refractivity contribution in [1.82, 2.24) is 9.78 Å². The van der Waals surface area contributed by atoms with Crippen LogP contribution in [0.15, 0.2) is 86.9 Å². The number of carbonyl (C=O) groups is 2. The van der Waals surface area contributed by atoms with Crippen LogP contribution in [0.1, 0.15) is 21.7 Å². The highest BCUT2D eigenvalue weighted by molar-refractivity contribution is 6.37. The largest absolute Gasteiger partial charge is 0.478 e. The van der Waals surface area contributed by atoms with Gasteiger partial charge in [-0.05, 0) is 42.5 Å². The summed E-state index contributed by atoms with van der Waals surface area (Å²) in [6.07, 6.45) is 8.09. The molecule has 0 unspecified atom stereocenters. The second-order valence-corrected chi connectivity index (χ2v) is 7.10. The van der Waals surface area contributed by atoms with Gasteiger partial charge in [-0.25, -0.2) is 4.79 Å². The van der Waals surface area contributed by atoms with Gasteiger partial charge in [0.25, 0.3) is 5.91 Å². The minimum atomic E-state index is -1.09. The lowest BCUT2D eigenvalue weighted by Gasteiger charge is -2.12. The van der Waals surface area contributed by atoms with Crippen molar-refractivity contribution in [3.8, 4) is 11.3 Å². The smallest absolute Gasteiger partial charge is 0.335 e. The van der Waals surface area contributed by atoms with Crippen molar-refractivity contribution in [2.45, 2.75) is 0 Å². The molecule has 0 spiro atoms. The van der Waals surface area contributed by atoms with Gasteiger partial charge in [0.1, 0.15) is 17.2 Å². The Morgan fingerprint density at radius 2 is 2.03 bits per heavy atom. The van der Waals surface area contributed by atoms with Crippen LogP contribution in [0.2, 0.25) is 0 Å². The van der Waals surface area contributed by atoms with E-state index in [2.05, 4.69) is 10.2 Å². The topological polar surface area (TPSA) is 114 Å². The minimum Gasteiger partial charge on any atom is -0.478 e. The number of aromatic nitrogens is 2. The van der Waals surface area contributed by atoms with Crippen LogP contribution in [0.3, 0.4) is 0 Å². The Balaban J connectivity index is 1.55. The monoisotopic (exact) mass is 428 g/mol.